The SMILES string of the molecule is Cc1cc(-n2c(C)cc(C(=O)N3CCC[C@H](C)[C@@H]3CN)c2C)no1. The summed E-state index contributed by atoms with van der Waals surface area (Å²) in [5, 5.41) is 4.08. The van der Waals surface area contributed by atoms with Crippen LogP contribution in [0.2, 0.25) is 0 Å². The molecule has 6 heteroatoms. The van der Waals surface area contributed by atoms with Gasteiger partial charge in [-0.2, -0.15) is 0 Å². The number of likely N-dealkylation sites (tertiary alicyclic amines) is 1. The summed E-state index contributed by atoms with van der Waals surface area (Å²) in [6.07, 6.45) is 2.16. The van der Waals surface area contributed by atoms with Gasteiger partial charge in [0.25, 0.3) is 5.91 Å². The highest BCUT2D eigenvalue weighted by molar-refractivity contribution is 5.96. The Morgan fingerprint density at radius 2 is 2.12 bits per heavy atom. The van der Waals surface area contributed by atoms with E-state index >= 15 is 0 Å². The molecule has 1 amide bonds. The molecule has 1 fully saturated rings. The number of piperidine rings is 1. The Morgan fingerprint density at radius 3 is 2.75 bits per heavy atom. The van der Waals surface area contributed by atoms with Gasteiger partial charge in [-0.15, -0.1) is 0 Å². The zero-order valence-electron chi connectivity index (χ0n) is 14.9. The van der Waals surface area contributed by atoms with Crippen LogP contribution in [0.3, 0.4) is 0 Å². The molecule has 0 saturated carbocycles. The van der Waals surface area contributed by atoms with Crippen LogP contribution >= 0.6 is 0 Å². The van der Waals surface area contributed by atoms with Crippen LogP contribution in [-0.2, 0) is 0 Å². The molecule has 6 nitrogen and oxygen atoms in total. The molecular formula is C18H26N4O2. The topological polar surface area (TPSA) is 77.3 Å². The first-order chi connectivity index (χ1) is 11.4. The fourth-order valence-electron chi connectivity index (χ4n) is 3.81. The molecule has 2 aromatic heterocycles. The number of nitrogens with two attached hydrogens (primary N) is 1. The van der Waals surface area contributed by atoms with Gasteiger partial charge >= 0.3 is 0 Å². The van der Waals surface area contributed by atoms with Crippen LogP contribution in [0.15, 0.2) is 16.7 Å². The first kappa shape index (κ1) is 16.8. The predicted octanol–water partition coefficient (Wildman–Crippen LogP) is 2.59. The number of amides is 1. The van der Waals surface area contributed by atoms with Crippen molar-refractivity contribution in [3.8, 4) is 5.82 Å². The summed E-state index contributed by atoms with van der Waals surface area (Å²) in [5.41, 5.74) is 8.53. The molecule has 2 N–H and O–H groups in total. The van der Waals surface area contributed by atoms with E-state index in [9.17, 15) is 4.79 Å². The minimum absolute atomic E-state index is 0.0663. The van der Waals surface area contributed by atoms with Crippen LogP contribution in [0.1, 0.15) is 47.3 Å². The fourth-order valence-corrected chi connectivity index (χ4v) is 3.81. The maximum atomic E-state index is 13.2. The maximum absolute atomic E-state index is 13.2. The lowest BCUT2D eigenvalue weighted by molar-refractivity contribution is 0.0532. The van der Waals surface area contributed by atoms with Crippen molar-refractivity contribution in [3.63, 3.8) is 0 Å². The quantitative estimate of drug-likeness (QED) is 0.938. The number of hydrogen-bond donors (Lipinski definition) is 1. The summed E-state index contributed by atoms with van der Waals surface area (Å²) in [7, 11) is 0. The third-order valence-corrected chi connectivity index (χ3v) is 5.12. The smallest absolute Gasteiger partial charge is 0.255 e. The van der Waals surface area contributed by atoms with Crippen LogP contribution in [-0.4, -0.2) is 39.7 Å². The van der Waals surface area contributed by atoms with Crippen molar-refractivity contribution in [3.05, 3.63) is 34.8 Å². The van der Waals surface area contributed by atoms with E-state index in [1.165, 1.54) is 0 Å². The molecule has 2 aromatic rings. The minimum Gasteiger partial charge on any atom is -0.360 e. The van der Waals surface area contributed by atoms with Crippen molar-refractivity contribution in [2.45, 2.75) is 46.6 Å². The fraction of sp³-hybridized carbons (Fsp3) is 0.556. The average molecular weight is 330 g/mol. The molecule has 130 valence electrons. The Morgan fingerprint density at radius 1 is 1.38 bits per heavy atom. The van der Waals surface area contributed by atoms with Crippen LogP contribution < -0.4 is 5.73 Å². The molecule has 3 heterocycles. The summed E-state index contributed by atoms with van der Waals surface area (Å²) in [4.78, 5) is 15.1. The standard InChI is InChI=1S/C18H26N4O2/c1-11-6-5-7-21(16(11)10-19)18(23)15-8-12(2)22(14(15)4)17-9-13(3)24-20-17/h8-9,11,16H,5-7,10,19H2,1-4H3/t11-,16-/m0/s1. The van der Waals surface area contributed by atoms with Crippen LogP contribution in [0.25, 0.3) is 5.82 Å². The first-order valence-electron chi connectivity index (χ1n) is 8.57. The van der Waals surface area contributed by atoms with E-state index in [0.29, 0.717) is 18.3 Å². The van der Waals surface area contributed by atoms with Gasteiger partial charge in [0.15, 0.2) is 5.82 Å². The first-order valence-corrected chi connectivity index (χ1v) is 8.57. The molecule has 1 saturated heterocycles. The second-order valence-corrected chi connectivity index (χ2v) is 6.84. The molecule has 0 bridgehead atoms. The normalized spacial score (nSPS) is 21.3. The summed E-state index contributed by atoms with van der Waals surface area (Å²) in [6, 6.07) is 3.93. The molecule has 24 heavy (non-hydrogen) atoms. The van der Waals surface area contributed by atoms with Crippen LogP contribution in [0.4, 0.5) is 0 Å². The van der Waals surface area contributed by atoms with Gasteiger partial charge in [-0.1, -0.05) is 12.1 Å². The second-order valence-electron chi connectivity index (χ2n) is 6.84. The Hall–Kier alpha value is -2.08. The van der Waals surface area contributed by atoms with Crippen molar-refractivity contribution >= 4 is 5.91 Å². The lowest BCUT2D eigenvalue weighted by Gasteiger charge is -2.39. The van der Waals surface area contributed by atoms with Crippen molar-refractivity contribution in [2.75, 3.05) is 13.1 Å². The number of nitrogens with zero attached hydrogens (tertiary/aromatic N) is 3. The highest BCUT2D eigenvalue weighted by atomic mass is 16.5. The third-order valence-electron chi connectivity index (χ3n) is 5.12. The number of carbonyl (C=O) groups excluding carboxylic acids is 1. The van der Waals surface area contributed by atoms with Gasteiger partial charge in [-0.3, -0.25) is 9.36 Å². The van der Waals surface area contributed by atoms with E-state index in [1.54, 1.807) is 0 Å². The summed E-state index contributed by atoms with van der Waals surface area (Å²) < 4.78 is 7.15. The van der Waals surface area contributed by atoms with E-state index < -0.39 is 0 Å². The van der Waals surface area contributed by atoms with E-state index in [1.807, 2.05) is 42.4 Å². The largest absolute Gasteiger partial charge is 0.360 e. The van der Waals surface area contributed by atoms with Gasteiger partial charge in [0.05, 0.1) is 5.56 Å². The lowest BCUT2D eigenvalue weighted by Crippen LogP contribution is -2.51. The zero-order valence-corrected chi connectivity index (χ0v) is 14.9. The Bertz CT molecular complexity index is 746. The van der Waals surface area contributed by atoms with Crippen LogP contribution in [0.5, 0.6) is 0 Å². The molecule has 0 aromatic carbocycles. The van der Waals surface area contributed by atoms with E-state index in [2.05, 4.69) is 12.1 Å². The molecule has 0 spiro atoms. The number of carbonyl (C=O) groups is 1. The van der Waals surface area contributed by atoms with Gasteiger partial charge in [0.1, 0.15) is 5.76 Å². The van der Waals surface area contributed by atoms with Crippen molar-refractivity contribution in [1.82, 2.24) is 14.6 Å². The van der Waals surface area contributed by atoms with Crippen molar-refractivity contribution in [1.29, 1.82) is 0 Å². The number of aryl methyl sites for hydroxylation is 2. The molecule has 2 atom stereocenters. The maximum Gasteiger partial charge on any atom is 0.255 e. The molecule has 3 rings (SSSR count). The number of hydrogen-bond acceptors (Lipinski definition) is 4. The van der Waals surface area contributed by atoms with Gasteiger partial charge in [0, 0.05) is 36.6 Å². The summed E-state index contributed by atoms with van der Waals surface area (Å²) in [5.74, 6) is 1.97. The number of aromatic nitrogens is 2. The Balaban J connectivity index is 1.96. The van der Waals surface area contributed by atoms with Crippen molar-refractivity contribution in [2.24, 2.45) is 11.7 Å². The van der Waals surface area contributed by atoms with Gasteiger partial charge in [-0.05, 0) is 45.6 Å². The highest BCUT2D eigenvalue weighted by Crippen LogP contribution is 2.27. The molecule has 0 radical (unpaired) electrons. The molecule has 0 aliphatic carbocycles. The molecule has 1 aliphatic rings. The lowest BCUT2D eigenvalue weighted by atomic mass is 9.90. The predicted molar refractivity (Wildman–Crippen MR) is 92.3 cm³/mol. The average Bonchev–Trinajstić information content (AvgIpc) is 3.09. The molecule has 1 aliphatic heterocycles. The van der Waals surface area contributed by atoms with E-state index in [4.69, 9.17) is 10.3 Å². The van der Waals surface area contributed by atoms with Gasteiger partial charge in [0.2, 0.25) is 0 Å². The van der Waals surface area contributed by atoms with E-state index in [0.717, 1.165) is 42.1 Å². The Kier molecular flexibility index (Phi) is 4.49. The zero-order chi connectivity index (χ0) is 17.4. The van der Waals surface area contributed by atoms with E-state index in [-0.39, 0.29) is 11.9 Å². The number of rotatable bonds is 3. The molecule has 0 unspecified atom stereocenters. The summed E-state index contributed by atoms with van der Waals surface area (Å²) >= 11 is 0. The highest BCUT2D eigenvalue weighted by Gasteiger charge is 2.33. The second kappa shape index (κ2) is 6.43. The van der Waals surface area contributed by atoms with Crippen LogP contribution in [0, 0.1) is 26.7 Å². The van der Waals surface area contributed by atoms with Crippen molar-refractivity contribution < 1.29 is 9.32 Å². The minimum atomic E-state index is 0.0663. The van der Waals surface area contributed by atoms with Gasteiger partial charge in [-0.25, -0.2) is 0 Å². The summed E-state index contributed by atoms with van der Waals surface area (Å²) in [6.45, 7) is 9.25. The third kappa shape index (κ3) is 2.75. The monoisotopic (exact) mass is 330 g/mol. The Labute approximate surface area is 142 Å². The molecular weight excluding hydrogens is 304 g/mol. The van der Waals surface area contributed by atoms with Gasteiger partial charge < -0.3 is 15.2 Å².